The van der Waals surface area contributed by atoms with Crippen LogP contribution in [0.5, 0.6) is 5.88 Å². The molecule has 0 atom stereocenters. The first-order valence-corrected chi connectivity index (χ1v) is 10.3. The van der Waals surface area contributed by atoms with Crippen molar-refractivity contribution in [1.29, 1.82) is 0 Å². The third-order valence-electron chi connectivity index (χ3n) is 5.84. The van der Waals surface area contributed by atoms with Crippen LogP contribution in [-0.2, 0) is 0 Å². The average molecular weight is 389 g/mol. The van der Waals surface area contributed by atoms with E-state index in [1.807, 2.05) is 32.0 Å². The lowest BCUT2D eigenvalue weighted by Gasteiger charge is -2.36. The number of alkyl halides is 1. The molecule has 0 spiro atoms. The Bertz CT molecular complexity index is 739. The van der Waals surface area contributed by atoms with Gasteiger partial charge in [0.25, 0.3) is 0 Å². The average Bonchev–Trinajstić information content (AvgIpc) is 2.73. The summed E-state index contributed by atoms with van der Waals surface area (Å²) in [6, 6.07) is 10.2. The van der Waals surface area contributed by atoms with Crippen LogP contribution >= 0.6 is 0 Å². The molecule has 2 heterocycles. The predicted octanol–water partition coefficient (Wildman–Crippen LogP) is 5.51. The van der Waals surface area contributed by atoms with Gasteiger partial charge in [0.15, 0.2) is 0 Å². The molecular weight excluding hydrogens is 358 g/mol. The summed E-state index contributed by atoms with van der Waals surface area (Å²) in [5.41, 5.74) is 0.604. The van der Waals surface area contributed by atoms with Gasteiger partial charge in [0.2, 0.25) is 5.88 Å². The SMILES string of the molecule is CCC(F)(CC)CN1CCC(COc2ccc(-c3cccc(F)c3)cn2)CC1. The molecule has 1 fully saturated rings. The lowest BCUT2D eigenvalue weighted by atomic mass is 9.94. The minimum atomic E-state index is -1.06. The zero-order valence-electron chi connectivity index (χ0n) is 16.8. The number of hydrogen-bond acceptors (Lipinski definition) is 3. The van der Waals surface area contributed by atoms with Crippen molar-refractivity contribution >= 4 is 0 Å². The van der Waals surface area contributed by atoms with Crippen molar-refractivity contribution < 1.29 is 13.5 Å². The van der Waals surface area contributed by atoms with Crippen LogP contribution < -0.4 is 4.74 Å². The van der Waals surface area contributed by atoms with Gasteiger partial charge in [-0.2, -0.15) is 0 Å². The van der Waals surface area contributed by atoms with Crippen molar-refractivity contribution in [2.24, 2.45) is 5.92 Å². The number of nitrogens with zero attached hydrogens (tertiary/aromatic N) is 2. The number of piperidine rings is 1. The van der Waals surface area contributed by atoms with Crippen LogP contribution in [0.25, 0.3) is 11.1 Å². The Morgan fingerprint density at radius 3 is 2.46 bits per heavy atom. The van der Waals surface area contributed by atoms with Crippen LogP contribution in [0, 0.1) is 11.7 Å². The number of ether oxygens (including phenoxy) is 1. The number of aromatic nitrogens is 1. The number of pyridine rings is 1. The fourth-order valence-corrected chi connectivity index (χ4v) is 3.69. The molecule has 0 aliphatic carbocycles. The molecule has 1 aliphatic rings. The van der Waals surface area contributed by atoms with E-state index in [4.69, 9.17) is 4.74 Å². The van der Waals surface area contributed by atoms with E-state index in [9.17, 15) is 8.78 Å². The first-order chi connectivity index (χ1) is 13.5. The van der Waals surface area contributed by atoms with E-state index in [1.54, 1.807) is 12.3 Å². The van der Waals surface area contributed by atoms with Gasteiger partial charge in [0, 0.05) is 24.4 Å². The minimum Gasteiger partial charge on any atom is -0.477 e. The number of rotatable bonds is 8. The number of likely N-dealkylation sites (tertiary alicyclic amines) is 1. The predicted molar refractivity (Wildman–Crippen MR) is 109 cm³/mol. The summed E-state index contributed by atoms with van der Waals surface area (Å²) in [5.74, 6) is 0.799. The van der Waals surface area contributed by atoms with Gasteiger partial charge in [-0.15, -0.1) is 0 Å². The molecule has 1 aromatic heterocycles. The molecular formula is C23H30F2N2O. The number of hydrogen-bond donors (Lipinski definition) is 0. The summed E-state index contributed by atoms with van der Waals surface area (Å²) in [5, 5.41) is 0. The zero-order chi connectivity index (χ0) is 20.0. The molecule has 0 unspecified atom stereocenters. The summed E-state index contributed by atoms with van der Waals surface area (Å²) >= 11 is 0. The highest BCUT2D eigenvalue weighted by Gasteiger charge is 2.30. The van der Waals surface area contributed by atoms with E-state index < -0.39 is 5.67 Å². The van der Waals surface area contributed by atoms with Crippen molar-refractivity contribution in [2.75, 3.05) is 26.2 Å². The topological polar surface area (TPSA) is 25.4 Å². The second-order valence-electron chi connectivity index (χ2n) is 7.78. The van der Waals surface area contributed by atoms with Gasteiger partial charge in [-0.05, 0) is 68.5 Å². The Morgan fingerprint density at radius 2 is 1.86 bits per heavy atom. The van der Waals surface area contributed by atoms with Crippen LogP contribution in [-0.4, -0.2) is 41.8 Å². The molecule has 1 aromatic carbocycles. The van der Waals surface area contributed by atoms with E-state index in [1.165, 1.54) is 12.1 Å². The molecule has 0 amide bonds. The Hall–Kier alpha value is -2.01. The summed E-state index contributed by atoms with van der Waals surface area (Å²) in [7, 11) is 0. The summed E-state index contributed by atoms with van der Waals surface area (Å²) < 4.78 is 33.8. The Labute approximate surface area is 166 Å². The Balaban J connectivity index is 1.45. The second-order valence-corrected chi connectivity index (χ2v) is 7.78. The van der Waals surface area contributed by atoms with Gasteiger partial charge < -0.3 is 9.64 Å². The maximum atomic E-state index is 14.6. The summed E-state index contributed by atoms with van der Waals surface area (Å²) in [6.45, 7) is 6.86. The van der Waals surface area contributed by atoms with Crippen molar-refractivity contribution in [3.8, 4) is 17.0 Å². The highest BCUT2D eigenvalue weighted by atomic mass is 19.1. The lowest BCUT2D eigenvalue weighted by Crippen LogP contribution is -2.44. The molecule has 0 N–H and O–H groups in total. The smallest absolute Gasteiger partial charge is 0.213 e. The van der Waals surface area contributed by atoms with Crippen molar-refractivity contribution in [2.45, 2.75) is 45.2 Å². The molecule has 0 radical (unpaired) electrons. The molecule has 3 rings (SSSR count). The summed E-state index contributed by atoms with van der Waals surface area (Å²) in [4.78, 5) is 6.60. The fourth-order valence-electron chi connectivity index (χ4n) is 3.69. The van der Waals surface area contributed by atoms with Crippen LogP contribution in [0.3, 0.4) is 0 Å². The third-order valence-corrected chi connectivity index (χ3v) is 5.84. The van der Waals surface area contributed by atoms with Gasteiger partial charge >= 0.3 is 0 Å². The van der Waals surface area contributed by atoms with Gasteiger partial charge in [0.05, 0.1) is 6.61 Å². The van der Waals surface area contributed by atoms with E-state index in [0.29, 0.717) is 37.8 Å². The third kappa shape index (κ3) is 5.51. The minimum absolute atomic E-state index is 0.257. The number of benzene rings is 1. The van der Waals surface area contributed by atoms with Crippen molar-refractivity contribution in [3.63, 3.8) is 0 Å². The molecule has 28 heavy (non-hydrogen) atoms. The quantitative estimate of drug-likeness (QED) is 0.596. The highest BCUT2D eigenvalue weighted by Crippen LogP contribution is 2.26. The maximum absolute atomic E-state index is 14.6. The molecule has 2 aromatic rings. The lowest BCUT2D eigenvalue weighted by molar-refractivity contribution is 0.0565. The van der Waals surface area contributed by atoms with Crippen LogP contribution in [0.15, 0.2) is 42.6 Å². The maximum Gasteiger partial charge on any atom is 0.213 e. The van der Waals surface area contributed by atoms with Crippen LogP contribution in [0.4, 0.5) is 8.78 Å². The van der Waals surface area contributed by atoms with Gasteiger partial charge in [-0.1, -0.05) is 26.0 Å². The first kappa shape index (κ1) is 20.7. The molecule has 0 bridgehead atoms. The molecule has 5 heteroatoms. The largest absolute Gasteiger partial charge is 0.477 e. The van der Waals surface area contributed by atoms with Crippen molar-refractivity contribution in [1.82, 2.24) is 9.88 Å². The molecule has 0 saturated carbocycles. The van der Waals surface area contributed by atoms with Gasteiger partial charge in [0.1, 0.15) is 11.5 Å². The first-order valence-electron chi connectivity index (χ1n) is 10.3. The van der Waals surface area contributed by atoms with Crippen LogP contribution in [0.2, 0.25) is 0 Å². The van der Waals surface area contributed by atoms with E-state index in [0.717, 1.165) is 37.1 Å². The Kier molecular flexibility index (Phi) is 7.00. The van der Waals surface area contributed by atoms with E-state index >= 15 is 0 Å². The molecule has 3 nitrogen and oxygen atoms in total. The zero-order valence-corrected chi connectivity index (χ0v) is 16.8. The Morgan fingerprint density at radius 1 is 1.11 bits per heavy atom. The highest BCUT2D eigenvalue weighted by molar-refractivity contribution is 5.62. The second kappa shape index (κ2) is 9.46. The number of halogens is 2. The molecule has 1 saturated heterocycles. The van der Waals surface area contributed by atoms with E-state index in [2.05, 4.69) is 9.88 Å². The van der Waals surface area contributed by atoms with Gasteiger partial charge in [-0.3, -0.25) is 0 Å². The van der Waals surface area contributed by atoms with Crippen molar-refractivity contribution in [3.05, 3.63) is 48.4 Å². The van der Waals surface area contributed by atoms with Gasteiger partial charge in [-0.25, -0.2) is 13.8 Å². The monoisotopic (exact) mass is 388 g/mol. The molecule has 152 valence electrons. The normalized spacial score (nSPS) is 16.3. The van der Waals surface area contributed by atoms with E-state index in [-0.39, 0.29) is 5.82 Å². The summed E-state index contributed by atoms with van der Waals surface area (Å²) in [6.07, 6.45) is 4.90. The van der Waals surface area contributed by atoms with Crippen LogP contribution in [0.1, 0.15) is 39.5 Å². The standard InChI is InChI=1S/C23H30F2N2O/c1-3-23(25,4-2)17-27-12-10-18(11-13-27)16-28-22-9-8-20(15-26-22)19-6-5-7-21(24)14-19/h5-9,14-15,18H,3-4,10-13,16-17H2,1-2H3. The fraction of sp³-hybridized carbons (Fsp3) is 0.522. The molecule has 1 aliphatic heterocycles.